The van der Waals surface area contributed by atoms with Crippen LogP contribution < -0.4 is 5.43 Å². The van der Waals surface area contributed by atoms with Crippen LogP contribution in [0.4, 0.5) is 5.69 Å². The average molecular weight is 264 g/mol. The lowest BCUT2D eigenvalue weighted by Gasteiger charge is -2.39. The van der Waals surface area contributed by atoms with Crippen molar-refractivity contribution in [2.45, 2.75) is 45.2 Å². The molecular weight excluding hydrogens is 246 g/mol. The number of nitrogens with one attached hydrogen (secondary N) is 1. The van der Waals surface area contributed by atoms with Crippen LogP contribution in [0.5, 0.6) is 0 Å². The second kappa shape index (κ2) is 5.60. The molecule has 1 aliphatic heterocycles. The molecule has 1 aliphatic rings. The van der Waals surface area contributed by atoms with Crippen molar-refractivity contribution in [2.75, 3.05) is 5.43 Å². The zero-order valence-electron chi connectivity index (χ0n) is 10.8. The number of nitrogens with zero attached hydrogens (tertiary/aromatic N) is 2. The Morgan fingerprint density at radius 1 is 1.33 bits per heavy atom. The standard InChI is InChI=1S/C14H18ClN3/c1-10-4-3-5-11(2)18(10)17-14-7-6-12(9-16)8-13(14)15/h6-8,10-11,17H,3-5H2,1-2H3. The maximum atomic E-state index is 8.82. The molecule has 0 aromatic heterocycles. The highest BCUT2D eigenvalue weighted by atomic mass is 35.5. The molecule has 3 nitrogen and oxygen atoms in total. The summed E-state index contributed by atoms with van der Waals surface area (Å²) >= 11 is 6.18. The second-order valence-electron chi connectivity index (χ2n) is 4.95. The molecule has 2 unspecified atom stereocenters. The van der Waals surface area contributed by atoms with Crippen molar-refractivity contribution >= 4 is 17.3 Å². The van der Waals surface area contributed by atoms with Crippen LogP contribution in [0.1, 0.15) is 38.7 Å². The summed E-state index contributed by atoms with van der Waals surface area (Å²) in [4.78, 5) is 0. The van der Waals surface area contributed by atoms with Gasteiger partial charge in [-0.15, -0.1) is 0 Å². The largest absolute Gasteiger partial charge is 0.317 e. The minimum Gasteiger partial charge on any atom is -0.317 e. The first-order chi connectivity index (χ1) is 8.61. The van der Waals surface area contributed by atoms with E-state index in [1.165, 1.54) is 19.3 Å². The molecule has 2 rings (SSSR count). The summed E-state index contributed by atoms with van der Waals surface area (Å²) in [5.41, 5.74) is 4.85. The number of nitriles is 1. The molecule has 2 atom stereocenters. The second-order valence-corrected chi connectivity index (χ2v) is 5.36. The van der Waals surface area contributed by atoms with E-state index in [0.29, 0.717) is 22.7 Å². The van der Waals surface area contributed by atoms with Crippen LogP contribution in [0.25, 0.3) is 0 Å². The molecule has 0 bridgehead atoms. The Labute approximate surface area is 113 Å². The van der Waals surface area contributed by atoms with Crippen LogP contribution in [0.15, 0.2) is 18.2 Å². The Morgan fingerprint density at radius 2 is 2.00 bits per heavy atom. The quantitative estimate of drug-likeness (QED) is 0.882. The summed E-state index contributed by atoms with van der Waals surface area (Å²) in [7, 11) is 0. The van der Waals surface area contributed by atoms with Gasteiger partial charge in [-0.1, -0.05) is 18.0 Å². The van der Waals surface area contributed by atoms with Crippen LogP contribution in [0.3, 0.4) is 0 Å². The fraction of sp³-hybridized carbons (Fsp3) is 0.500. The maximum Gasteiger partial charge on any atom is 0.0992 e. The van der Waals surface area contributed by atoms with Gasteiger partial charge in [0.05, 0.1) is 22.3 Å². The summed E-state index contributed by atoms with van der Waals surface area (Å²) in [5, 5.41) is 11.7. The van der Waals surface area contributed by atoms with Crippen molar-refractivity contribution in [3.05, 3.63) is 28.8 Å². The Balaban J connectivity index is 2.15. The molecule has 18 heavy (non-hydrogen) atoms. The molecule has 1 aromatic rings. The van der Waals surface area contributed by atoms with Gasteiger partial charge in [0.25, 0.3) is 0 Å². The number of anilines is 1. The van der Waals surface area contributed by atoms with Crippen molar-refractivity contribution in [2.24, 2.45) is 0 Å². The van der Waals surface area contributed by atoms with Gasteiger partial charge in [0.1, 0.15) is 0 Å². The summed E-state index contributed by atoms with van der Waals surface area (Å²) < 4.78 is 0. The molecule has 0 saturated carbocycles. The summed E-state index contributed by atoms with van der Waals surface area (Å²) in [6, 6.07) is 8.44. The van der Waals surface area contributed by atoms with Crippen LogP contribution in [0.2, 0.25) is 5.02 Å². The van der Waals surface area contributed by atoms with Gasteiger partial charge in [0.15, 0.2) is 0 Å². The van der Waals surface area contributed by atoms with Gasteiger partial charge in [-0.3, -0.25) is 0 Å². The molecule has 0 spiro atoms. The minimum atomic E-state index is 0.500. The van der Waals surface area contributed by atoms with E-state index in [9.17, 15) is 0 Å². The highest BCUT2D eigenvalue weighted by molar-refractivity contribution is 6.33. The van der Waals surface area contributed by atoms with E-state index in [1.807, 2.05) is 6.07 Å². The van der Waals surface area contributed by atoms with Gasteiger partial charge < -0.3 is 5.43 Å². The van der Waals surface area contributed by atoms with E-state index in [4.69, 9.17) is 16.9 Å². The number of hydrogen-bond acceptors (Lipinski definition) is 3. The van der Waals surface area contributed by atoms with E-state index < -0.39 is 0 Å². The first-order valence-electron chi connectivity index (χ1n) is 6.36. The molecule has 1 heterocycles. The van der Waals surface area contributed by atoms with Crippen molar-refractivity contribution in [1.29, 1.82) is 5.26 Å². The van der Waals surface area contributed by atoms with Gasteiger partial charge >= 0.3 is 0 Å². The number of benzene rings is 1. The molecule has 0 aliphatic carbocycles. The van der Waals surface area contributed by atoms with Gasteiger partial charge in [-0.25, -0.2) is 5.01 Å². The fourth-order valence-corrected chi connectivity index (χ4v) is 2.68. The van der Waals surface area contributed by atoms with Crippen LogP contribution in [0, 0.1) is 11.3 Å². The van der Waals surface area contributed by atoms with Crippen molar-refractivity contribution in [3.63, 3.8) is 0 Å². The number of piperidine rings is 1. The zero-order chi connectivity index (χ0) is 13.1. The molecule has 96 valence electrons. The molecule has 1 N–H and O–H groups in total. The fourth-order valence-electron chi connectivity index (χ4n) is 2.46. The van der Waals surface area contributed by atoms with Crippen LogP contribution >= 0.6 is 11.6 Å². The summed E-state index contributed by atoms with van der Waals surface area (Å²) in [5.74, 6) is 0. The van der Waals surface area contributed by atoms with E-state index in [2.05, 4.69) is 30.4 Å². The third-order valence-electron chi connectivity index (χ3n) is 3.54. The third-order valence-corrected chi connectivity index (χ3v) is 3.85. The molecule has 0 amide bonds. The number of halogens is 1. The van der Waals surface area contributed by atoms with Gasteiger partial charge in [0, 0.05) is 12.1 Å². The highest BCUT2D eigenvalue weighted by Crippen LogP contribution is 2.28. The lowest BCUT2D eigenvalue weighted by Crippen LogP contribution is -2.47. The van der Waals surface area contributed by atoms with E-state index in [-0.39, 0.29) is 0 Å². The van der Waals surface area contributed by atoms with Crippen LogP contribution in [-0.4, -0.2) is 17.1 Å². The Bertz CT molecular complexity index is 457. The normalized spacial score (nSPS) is 24.6. The predicted octanol–water partition coefficient (Wildman–Crippen LogP) is 3.80. The molecular formula is C14H18ClN3. The maximum absolute atomic E-state index is 8.82. The lowest BCUT2D eigenvalue weighted by molar-refractivity contribution is 0.136. The van der Waals surface area contributed by atoms with E-state index >= 15 is 0 Å². The summed E-state index contributed by atoms with van der Waals surface area (Å²) in [6.07, 6.45) is 3.68. The summed E-state index contributed by atoms with van der Waals surface area (Å²) in [6.45, 7) is 4.44. The molecule has 1 fully saturated rings. The highest BCUT2D eigenvalue weighted by Gasteiger charge is 2.25. The topological polar surface area (TPSA) is 39.1 Å². The van der Waals surface area contributed by atoms with Crippen molar-refractivity contribution < 1.29 is 0 Å². The number of rotatable bonds is 2. The third kappa shape index (κ3) is 2.77. The predicted molar refractivity (Wildman–Crippen MR) is 74.4 cm³/mol. The average Bonchev–Trinajstić information content (AvgIpc) is 2.35. The first-order valence-corrected chi connectivity index (χ1v) is 6.74. The minimum absolute atomic E-state index is 0.500. The van der Waals surface area contributed by atoms with E-state index in [1.54, 1.807) is 12.1 Å². The van der Waals surface area contributed by atoms with Gasteiger partial charge in [0.2, 0.25) is 0 Å². The molecule has 1 aromatic carbocycles. The number of hydrogen-bond donors (Lipinski definition) is 1. The number of hydrazine groups is 1. The molecule has 1 saturated heterocycles. The SMILES string of the molecule is CC1CCCC(C)N1Nc1ccc(C#N)cc1Cl. The van der Waals surface area contributed by atoms with Gasteiger partial charge in [-0.05, 0) is 44.9 Å². The van der Waals surface area contributed by atoms with Crippen molar-refractivity contribution in [1.82, 2.24) is 5.01 Å². The zero-order valence-corrected chi connectivity index (χ0v) is 11.5. The Morgan fingerprint density at radius 3 is 2.56 bits per heavy atom. The smallest absolute Gasteiger partial charge is 0.0992 e. The lowest BCUT2D eigenvalue weighted by atomic mass is 10.00. The Kier molecular flexibility index (Phi) is 4.11. The molecule has 4 heteroatoms. The first kappa shape index (κ1) is 13.2. The Hall–Kier alpha value is -1.24. The van der Waals surface area contributed by atoms with Crippen molar-refractivity contribution in [3.8, 4) is 6.07 Å². The van der Waals surface area contributed by atoms with E-state index in [0.717, 1.165) is 5.69 Å². The van der Waals surface area contributed by atoms with Crippen LogP contribution in [-0.2, 0) is 0 Å². The van der Waals surface area contributed by atoms with Gasteiger partial charge in [-0.2, -0.15) is 5.26 Å². The monoisotopic (exact) mass is 263 g/mol. The molecule has 0 radical (unpaired) electrons.